The molecule has 0 spiro atoms. The molecule has 0 saturated heterocycles. The standard InChI is InChI=1S/C7H5ClFNO/c8-7(10-11)5-1-3-6(9)4-2-5/h1-4,11H/b10-7-/i9-1. The van der Waals surface area contributed by atoms with Crippen LogP contribution in [0.15, 0.2) is 29.4 Å². The van der Waals surface area contributed by atoms with E-state index in [4.69, 9.17) is 16.8 Å². The first-order chi connectivity index (χ1) is 5.24. The molecule has 0 fully saturated rings. The van der Waals surface area contributed by atoms with E-state index in [1.807, 2.05) is 0 Å². The van der Waals surface area contributed by atoms with Gasteiger partial charge in [0.25, 0.3) is 0 Å². The smallest absolute Gasteiger partial charge is 0.175 e. The van der Waals surface area contributed by atoms with Crippen molar-refractivity contribution in [2.24, 2.45) is 5.16 Å². The van der Waals surface area contributed by atoms with Crippen LogP contribution in [-0.4, -0.2) is 10.4 Å². The minimum Gasteiger partial charge on any atom is -0.410 e. The molecule has 0 amide bonds. The predicted octanol–water partition coefficient (Wildman–Crippen LogP) is 2.20. The quantitative estimate of drug-likeness (QED) is 0.393. The van der Waals surface area contributed by atoms with Gasteiger partial charge >= 0.3 is 0 Å². The summed E-state index contributed by atoms with van der Waals surface area (Å²) >= 11 is 5.42. The van der Waals surface area contributed by atoms with E-state index >= 15 is 0 Å². The van der Waals surface area contributed by atoms with Crippen molar-refractivity contribution in [2.45, 2.75) is 0 Å². The summed E-state index contributed by atoms with van der Waals surface area (Å²) in [5.41, 5.74) is 0.482. The molecule has 0 atom stereocenters. The summed E-state index contributed by atoms with van der Waals surface area (Å²) in [7, 11) is 0. The fourth-order valence-corrected chi connectivity index (χ4v) is 0.771. The van der Waals surface area contributed by atoms with Crippen LogP contribution in [0.25, 0.3) is 0 Å². The lowest BCUT2D eigenvalue weighted by atomic mass is 10.2. The molecule has 1 aromatic rings. The summed E-state index contributed by atoms with van der Waals surface area (Å²) in [6, 6.07) is 5.33. The second kappa shape index (κ2) is 3.34. The molecule has 0 radical (unpaired) electrons. The maximum atomic E-state index is 12.3. The second-order valence-electron chi connectivity index (χ2n) is 1.90. The third kappa shape index (κ3) is 1.91. The number of halogens is 2. The summed E-state index contributed by atoms with van der Waals surface area (Å²) in [6.45, 7) is 0. The normalized spacial score (nSPS) is 11.6. The van der Waals surface area contributed by atoms with E-state index in [0.717, 1.165) is 0 Å². The SMILES string of the molecule is O/N=C(\Cl)c1ccc([18F])cc1. The van der Waals surface area contributed by atoms with Crippen molar-refractivity contribution in [2.75, 3.05) is 0 Å². The summed E-state index contributed by atoms with van der Waals surface area (Å²) in [6.07, 6.45) is 0. The van der Waals surface area contributed by atoms with E-state index in [1.54, 1.807) is 0 Å². The lowest BCUT2D eigenvalue weighted by Gasteiger charge is -1.93. The monoisotopic (exact) mass is 172 g/mol. The number of rotatable bonds is 1. The third-order valence-corrected chi connectivity index (χ3v) is 1.46. The Morgan fingerprint density at radius 2 is 1.91 bits per heavy atom. The molecular formula is C7H5ClFNO. The number of hydrogen-bond acceptors (Lipinski definition) is 2. The van der Waals surface area contributed by atoms with Crippen molar-refractivity contribution in [1.29, 1.82) is 0 Å². The topological polar surface area (TPSA) is 32.6 Å². The van der Waals surface area contributed by atoms with Crippen LogP contribution in [0.5, 0.6) is 0 Å². The number of oxime groups is 1. The van der Waals surface area contributed by atoms with Crippen molar-refractivity contribution >= 4 is 16.8 Å². The molecule has 0 aliphatic rings. The van der Waals surface area contributed by atoms with Crippen molar-refractivity contribution in [3.63, 3.8) is 0 Å². The molecule has 1 aromatic carbocycles. The average Bonchev–Trinajstić information content (AvgIpc) is 2.05. The molecule has 4 heteroatoms. The summed E-state index contributed by atoms with van der Waals surface area (Å²) in [5, 5.41) is 10.9. The van der Waals surface area contributed by atoms with Gasteiger partial charge in [0.1, 0.15) is 5.82 Å². The highest BCUT2D eigenvalue weighted by atomic mass is 35.5. The first-order valence-corrected chi connectivity index (χ1v) is 3.25. The van der Waals surface area contributed by atoms with E-state index < -0.39 is 0 Å². The van der Waals surface area contributed by atoms with Gasteiger partial charge in [0.2, 0.25) is 0 Å². The molecule has 1 N–H and O–H groups in total. The van der Waals surface area contributed by atoms with E-state index in [-0.39, 0.29) is 11.0 Å². The molecule has 0 aliphatic carbocycles. The fraction of sp³-hybridized carbons (Fsp3) is 0. The van der Waals surface area contributed by atoms with Gasteiger partial charge < -0.3 is 5.21 Å². The molecule has 0 bridgehead atoms. The van der Waals surface area contributed by atoms with E-state index in [1.165, 1.54) is 24.3 Å². The summed E-state index contributed by atoms with van der Waals surface area (Å²) in [4.78, 5) is 0. The molecule has 0 aromatic heterocycles. The Morgan fingerprint density at radius 1 is 1.36 bits per heavy atom. The molecule has 0 unspecified atom stereocenters. The molecule has 2 nitrogen and oxygen atoms in total. The van der Waals surface area contributed by atoms with E-state index in [9.17, 15) is 4.39 Å². The molecule has 0 aliphatic heterocycles. The van der Waals surface area contributed by atoms with Crippen molar-refractivity contribution in [3.05, 3.63) is 35.6 Å². The summed E-state index contributed by atoms with van der Waals surface area (Å²) < 4.78 is 12.3. The maximum Gasteiger partial charge on any atom is 0.175 e. The van der Waals surface area contributed by atoms with Gasteiger partial charge in [-0.05, 0) is 24.3 Å². The zero-order valence-corrected chi connectivity index (χ0v) is 6.22. The van der Waals surface area contributed by atoms with Crippen LogP contribution < -0.4 is 0 Å². The van der Waals surface area contributed by atoms with Gasteiger partial charge in [0.05, 0.1) is 0 Å². The van der Waals surface area contributed by atoms with Crippen molar-refractivity contribution in [1.82, 2.24) is 0 Å². The highest BCUT2D eigenvalue weighted by molar-refractivity contribution is 6.69. The van der Waals surface area contributed by atoms with Crippen LogP contribution >= 0.6 is 11.6 Å². The Balaban J connectivity index is 2.99. The second-order valence-corrected chi connectivity index (χ2v) is 2.26. The number of nitrogens with zero attached hydrogens (tertiary/aromatic N) is 1. The largest absolute Gasteiger partial charge is 0.410 e. The zero-order valence-electron chi connectivity index (χ0n) is 5.46. The Labute approximate surface area is 67.9 Å². The molecule has 0 saturated carbocycles. The maximum absolute atomic E-state index is 12.3. The first-order valence-electron chi connectivity index (χ1n) is 2.87. The van der Waals surface area contributed by atoms with Gasteiger partial charge in [-0.2, -0.15) is 0 Å². The van der Waals surface area contributed by atoms with Crippen LogP contribution in [-0.2, 0) is 0 Å². The minimum atomic E-state index is -0.351. The molecular weight excluding hydrogens is 168 g/mol. The van der Waals surface area contributed by atoms with Gasteiger partial charge in [-0.3, -0.25) is 0 Å². The van der Waals surface area contributed by atoms with Crippen LogP contribution in [0.3, 0.4) is 0 Å². The Morgan fingerprint density at radius 3 is 2.36 bits per heavy atom. The van der Waals surface area contributed by atoms with E-state index in [0.29, 0.717) is 5.56 Å². The van der Waals surface area contributed by atoms with Crippen molar-refractivity contribution in [3.8, 4) is 0 Å². The lowest BCUT2D eigenvalue weighted by molar-refractivity contribution is 0.321. The fourth-order valence-electron chi connectivity index (χ4n) is 0.645. The Kier molecular flexibility index (Phi) is 2.44. The number of benzene rings is 1. The van der Waals surface area contributed by atoms with Crippen LogP contribution in [0.2, 0.25) is 0 Å². The van der Waals surface area contributed by atoms with Crippen molar-refractivity contribution < 1.29 is 9.60 Å². The third-order valence-electron chi connectivity index (χ3n) is 1.17. The van der Waals surface area contributed by atoms with Gasteiger partial charge in [-0.25, -0.2) is 4.39 Å². The van der Waals surface area contributed by atoms with Gasteiger partial charge in [0, 0.05) is 5.56 Å². The number of hydrogen-bond donors (Lipinski definition) is 1. The van der Waals surface area contributed by atoms with Crippen LogP contribution in [0, 0.1) is 5.82 Å². The molecule has 58 valence electrons. The highest BCUT2D eigenvalue weighted by Crippen LogP contribution is 2.06. The van der Waals surface area contributed by atoms with Gasteiger partial charge in [-0.15, -0.1) is 0 Å². The van der Waals surface area contributed by atoms with E-state index in [2.05, 4.69) is 5.16 Å². The predicted molar refractivity (Wildman–Crippen MR) is 40.6 cm³/mol. The molecule has 0 heterocycles. The van der Waals surface area contributed by atoms with Gasteiger partial charge in [-0.1, -0.05) is 16.8 Å². The average molecular weight is 173 g/mol. The summed E-state index contributed by atoms with van der Waals surface area (Å²) in [5.74, 6) is -0.351. The Hall–Kier alpha value is -1.09. The molecule has 1 rings (SSSR count). The van der Waals surface area contributed by atoms with Gasteiger partial charge in [0.15, 0.2) is 5.17 Å². The Bertz CT molecular complexity index is 270. The van der Waals surface area contributed by atoms with Crippen LogP contribution in [0.1, 0.15) is 5.56 Å². The zero-order chi connectivity index (χ0) is 8.27. The first kappa shape index (κ1) is 8.01. The highest BCUT2D eigenvalue weighted by Gasteiger charge is 1.98. The minimum absolute atomic E-state index is 0.0509. The molecule has 11 heavy (non-hydrogen) atoms. The van der Waals surface area contributed by atoms with Crippen LogP contribution in [0.4, 0.5) is 4.39 Å². The lowest BCUT2D eigenvalue weighted by Crippen LogP contribution is -1.89.